The predicted molar refractivity (Wildman–Crippen MR) is 135 cm³/mol. The molecular formula is C29H26Si. The zero-order chi connectivity index (χ0) is 20.7. The molecule has 0 saturated carbocycles. The van der Waals surface area contributed by atoms with Crippen molar-refractivity contribution in [2.75, 3.05) is 0 Å². The van der Waals surface area contributed by atoms with Crippen LogP contribution in [0.4, 0.5) is 0 Å². The summed E-state index contributed by atoms with van der Waals surface area (Å²) in [7, 11) is -1.32. The normalized spacial score (nSPS) is 11.8. The van der Waals surface area contributed by atoms with E-state index in [0.717, 1.165) is 0 Å². The van der Waals surface area contributed by atoms with E-state index in [9.17, 15) is 0 Å². The summed E-state index contributed by atoms with van der Waals surface area (Å²) in [4.78, 5) is 0. The zero-order valence-electron chi connectivity index (χ0n) is 17.8. The molecule has 5 aromatic rings. The van der Waals surface area contributed by atoms with E-state index in [0.29, 0.717) is 0 Å². The quantitative estimate of drug-likeness (QED) is 0.213. The Kier molecular flexibility index (Phi) is 4.56. The van der Waals surface area contributed by atoms with Crippen LogP contribution in [0.15, 0.2) is 103 Å². The lowest BCUT2D eigenvalue weighted by molar-refractivity contribution is 1.64. The van der Waals surface area contributed by atoms with Crippen LogP contribution in [-0.2, 0) is 0 Å². The molecule has 30 heavy (non-hydrogen) atoms. The minimum atomic E-state index is -1.32. The Balaban J connectivity index is 1.88. The van der Waals surface area contributed by atoms with Crippen molar-refractivity contribution in [2.45, 2.75) is 19.6 Å². The van der Waals surface area contributed by atoms with E-state index in [1.165, 1.54) is 49.0 Å². The van der Waals surface area contributed by atoms with E-state index in [-0.39, 0.29) is 0 Å². The molecule has 0 aliphatic heterocycles. The fourth-order valence-electron chi connectivity index (χ4n) is 4.49. The monoisotopic (exact) mass is 402 g/mol. The van der Waals surface area contributed by atoms with Crippen molar-refractivity contribution < 1.29 is 0 Å². The number of fused-ring (bicyclic) bond motifs is 2. The van der Waals surface area contributed by atoms with Gasteiger partial charge in [0.15, 0.2) is 0 Å². The topological polar surface area (TPSA) is 0 Å². The second-order valence-electron chi connectivity index (χ2n) is 9.03. The van der Waals surface area contributed by atoms with E-state index in [1.807, 2.05) is 0 Å². The van der Waals surface area contributed by atoms with Gasteiger partial charge in [0.1, 0.15) is 0 Å². The van der Waals surface area contributed by atoms with Gasteiger partial charge in [-0.15, -0.1) is 0 Å². The molecule has 0 atom stereocenters. The molecule has 0 heterocycles. The highest BCUT2D eigenvalue weighted by atomic mass is 28.3. The number of rotatable bonds is 3. The lowest BCUT2D eigenvalue weighted by Gasteiger charge is -2.19. The van der Waals surface area contributed by atoms with E-state index in [4.69, 9.17) is 0 Å². The highest BCUT2D eigenvalue weighted by Crippen LogP contribution is 2.43. The van der Waals surface area contributed by atoms with Crippen LogP contribution in [0.3, 0.4) is 0 Å². The maximum absolute atomic E-state index is 2.40. The minimum Gasteiger partial charge on any atom is -0.0656 e. The Morgan fingerprint density at radius 2 is 0.767 bits per heavy atom. The second kappa shape index (κ2) is 7.27. The van der Waals surface area contributed by atoms with Crippen LogP contribution in [0.25, 0.3) is 43.8 Å². The van der Waals surface area contributed by atoms with E-state index in [2.05, 4.69) is 123 Å². The molecule has 0 spiro atoms. The van der Waals surface area contributed by atoms with Gasteiger partial charge in [-0.25, -0.2) is 0 Å². The second-order valence-corrected chi connectivity index (χ2v) is 14.1. The first-order valence-electron chi connectivity index (χ1n) is 10.6. The Morgan fingerprint density at radius 3 is 1.17 bits per heavy atom. The van der Waals surface area contributed by atoms with Gasteiger partial charge < -0.3 is 0 Å². The smallest absolute Gasteiger partial charge is 0.0656 e. The summed E-state index contributed by atoms with van der Waals surface area (Å²) in [6, 6.07) is 37.8. The molecule has 5 aromatic carbocycles. The van der Waals surface area contributed by atoms with Crippen LogP contribution < -0.4 is 5.19 Å². The molecule has 1 heteroatoms. The molecule has 0 aliphatic carbocycles. The van der Waals surface area contributed by atoms with Crippen molar-refractivity contribution in [2.24, 2.45) is 0 Å². The van der Waals surface area contributed by atoms with Gasteiger partial charge in [0.25, 0.3) is 0 Å². The summed E-state index contributed by atoms with van der Waals surface area (Å²) < 4.78 is 0. The average molecular weight is 403 g/mol. The molecule has 0 fully saturated rings. The van der Waals surface area contributed by atoms with Crippen molar-refractivity contribution >= 4 is 34.8 Å². The van der Waals surface area contributed by atoms with Gasteiger partial charge in [-0.1, -0.05) is 128 Å². The molecule has 0 aromatic heterocycles. The van der Waals surface area contributed by atoms with Crippen LogP contribution in [0.5, 0.6) is 0 Å². The van der Waals surface area contributed by atoms with E-state index in [1.54, 1.807) is 0 Å². The van der Waals surface area contributed by atoms with Gasteiger partial charge in [0.2, 0.25) is 0 Å². The van der Waals surface area contributed by atoms with Crippen LogP contribution in [0.2, 0.25) is 19.6 Å². The molecule has 0 unspecified atom stereocenters. The molecule has 0 radical (unpaired) electrons. The maximum Gasteiger partial charge on any atom is 0.0775 e. The van der Waals surface area contributed by atoms with Gasteiger partial charge in [0, 0.05) is 0 Å². The standard InChI is InChI=1S/C29H26Si/c1-30(2,3)23-19-17-22(18-20-23)29-26-15-9-7-13-24(26)28(21-11-5-4-6-12-21)25-14-8-10-16-27(25)29/h4-20H,1-3H3. The van der Waals surface area contributed by atoms with Crippen molar-refractivity contribution in [1.29, 1.82) is 0 Å². The molecule has 0 saturated heterocycles. The third-order valence-corrected chi connectivity index (χ3v) is 8.10. The lowest BCUT2D eigenvalue weighted by atomic mass is 9.86. The van der Waals surface area contributed by atoms with E-state index < -0.39 is 8.07 Å². The predicted octanol–water partition coefficient (Wildman–Crippen LogP) is 7.87. The molecule has 0 aliphatic rings. The van der Waals surface area contributed by atoms with Gasteiger partial charge in [-0.2, -0.15) is 0 Å². The van der Waals surface area contributed by atoms with Crippen molar-refractivity contribution in [3.8, 4) is 22.3 Å². The first-order valence-corrected chi connectivity index (χ1v) is 14.1. The van der Waals surface area contributed by atoms with Crippen LogP contribution in [0.1, 0.15) is 0 Å². The summed E-state index contributed by atoms with van der Waals surface area (Å²) in [5.41, 5.74) is 5.22. The Labute approximate surface area is 179 Å². The molecule has 0 amide bonds. The van der Waals surface area contributed by atoms with Crippen molar-refractivity contribution in [3.05, 3.63) is 103 Å². The van der Waals surface area contributed by atoms with E-state index >= 15 is 0 Å². The summed E-state index contributed by atoms with van der Waals surface area (Å²) >= 11 is 0. The average Bonchev–Trinajstić information content (AvgIpc) is 2.77. The number of benzene rings is 5. The van der Waals surface area contributed by atoms with Crippen molar-refractivity contribution in [3.63, 3.8) is 0 Å². The first kappa shape index (κ1) is 18.8. The van der Waals surface area contributed by atoms with Crippen LogP contribution in [0, 0.1) is 0 Å². The maximum atomic E-state index is 2.40. The summed E-state index contributed by atoms with van der Waals surface area (Å²) in [5.74, 6) is 0. The molecule has 0 bridgehead atoms. The molecule has 146 valence electrons. The number of hydrogen-bond donors (Lipinski definition) is 0. The van der Waals surface area contributed by atoms with Crippen LogP contribution >= 0.6 is 0 Å². The zero-order valence-corrected chi connectivity index (χ0v) is 18.8. The summed E-state index contributed by atoms with van der Waals surface area (Å²) in [6.07, 6.45) is 0. The fourth-order valence-corrected chi connectivity index (χ4v) is 5.66. The minimum absolute atomic E-state index is 1.27. The van der Waals surface area contributed by atoms with Gasteiger partial charge >= 0.3 is 0 Å². The lowest BCUT2D eigenvalue weighted by Crippen LogP contribution is -2.37. The van der Waals surface area contributed by atoms with Gasteiger partial charge in [-0.05, 0) is 43.8 Å². The highest BCUT2D eigenvalue weighted by Gasteiger charge is 2.18. The number of hydrogen-bond acceptors (Lipinski definition) is 0. The molecule has 0 N–H and O–H groups in total. The molecule has 5 rings (SSSR count). The Hall–Kier alpha value is -3.16. The Bertz CT molecular complexity index is 1280. The summed E-state index contributed by atoms with van der Waals surface area (Å²) in [5, 5.41) is 6.76. The molecular weight excluding hydrogens is 376 g/mol. The SMILES string of the molecule is C[Si](C)(C)c1ccc(-c2c3ccccc3c(-c3ccccc3)c3ccccc23)cc1. The first-order chi connectivity index (χ1) is 14.5. The third kappa shape index (κ3) is 3.16. The van der Waals surface area contributed by atoms with Gasteiger partial charge in [-0.3, -0.25) is 0 Å². The van der Waals surface area contributed by atoms with Crippen LogP contribution in [-0.4, -0.2) is 8.07 Å². The largest absolute Gasteiger partial charge is 0.0775 e. The van der Waals surface area contributed by atoms with Gasteiger partial charge in [0.05, 0.1) is 8.07 Å². The summed E-state index contributed by atoms with van der Waals surface area (Å²) in [6.45, 7) is 7.21. The highest BCUT2D eigenvalue weighted by molar-refractivity contribution is 6.88. The fraction of sp³-hybridized carbons (Fsp3) is 0.103. The third-order valence-electron chi connectivity index (χ3n) is 6.03. The van der Waals surface area contributed by atoms with Crippen molar-refractivity contribution in [1.82, 2.24) is 0 Å². The molecule has 0 nitrogen and oxygen atoms in total. The Morgan fingerprint density at radius 1 is 0.400 bits per heavy atom.